The zero-order chi connectivity index (χ0) is 14.8. The van der Waals surface area contributed by atoms with Crippen molar-refractivity contribution in [3.63, 3.8) is 0 Å². The Bertz CT molecular complexity index is 482. The standard InChI is InChI=1S/C16H23FN2O/c1-16(2,3)12-6-4-5-7-13(12)19-15(20)11-8-9-18-14(17)10-11/h8-10,12-13H,4-7H2,1-3H3,(H,19,20)/t12-,13+/m1/s1. The Kier molecular flexibility index (Phi) is 4.41. The molecule has 1 amide bonds. The molecule has 1 aliphatic rings. The minimum absolute atomic E-state index is 0.169. The van der Waals surface area contributed by atoms with Gasteiger partial charge in [0, 0.05) is 23.9 Å². The van der Waals surface area contributed by atoms with Crippen LogP contribution in [0, 0.1) is 17.3 Å². The van der Waals surface area contributed by atoms with Crippen LogP contribution >= 0.6 is 0 Å². The van der Waals surface area contributed by atoms with E-state index in [1.165, 1.54) is 18.7 Å². The lowest BCUT2D eigenvalue weighted by Crippen LogP contribution is -2.46. The Labute approximate surface area is 120 Å². The van der Waals surface area contributed by atoms with Gasteiger partial charge in [0.2, 0.25) is 5.95 Å². The molecule has 0 unspecified atom stereocenters. The zero-order valence-corrected chi connectivity index (χ0v) is 12.4. The van der Waals surface area contributed by atoms with Crippen LogP contribution in [0.3, 0.4) is 0 Å². The third-order valence-electron chi connectivity index (χ3n) is 4.18. The van der Waals surface area contributed by atoms with E-state index < -0.39 is 5.95 Å². The van der Waals surface area contributed by atoms with Crippen LogP contribution in [-0.4, -0.2) is 16.9 Å². The maximum atomic E-state index is 13.1. The number of nitrogens with one attached hydrogen (secondary N) is 1. The molecular formula is C16H23FN2O. The molecule has 1 saturated carbocycles. The molecule has 2 atom stereocenters. The third-order valence-corrected chi connectivity index (χ3v) is 4.18. The molecule has 1 N–H and O–H groups in total. The first-order valence-corrected chi connectivity index (χ1v) is 7.30. The van der Waals surface area contributed by atoms with Crippen LogP contribution in [0.5, 0.6) is 0 Å². The monoisotopic (exact) mass is 278 g/mol. The molecule has 0 bridgehead atoms. The van der Waals surface area contributed by atoms with Crippen LogP contribution in [0.4, 0.5) is 4.39 Å². The van der Waals surface area contributed by atoms with E-state index in [-0.39, 0.29) is 17.4 Å². The van der Waals surface area contributed by atoms with E-state index in [1.807, 2.05) is 0 Å². The first-order valence-electron chi connectivity index (χ1n) is 7.30. The van der Waals surface area contributed by atoms with Crippen molar-refractivity contribution >= 4 is 5.91 Å². The molecule has 0 aromatic carbocycles. The molecule has 110 valence electrons. The lowest BCUT2D eigenvalue weighted by atomic mass is 9.69. The van der Waals surface area contributed by atoms with Gasteiger partial charge in [-0.05, 0) is 30.2 Å². The normalized spacial score (nSPS) is 23.4. The molecule has 4 heteroatoms. The van der Waals surface area contributed by atoms with E-state index in [0.717, 1.165) is 19.3 Å². The molecule has 20 heavy (non-hydrogen) atoms. The van der Waals surface area contributed by atoms with Crippen LogP contribution in [0.25, 0.3) is 0 Å². The van der Waals surface area contributed by atoms with E-state index >= 15 is 0 Å². The number of carbonyl (C=O) groups excluding carboxylic acids is 1. The van der Waals surface area contributed by atoms with E-state index in [4.69, 9.17) is 0 Å². The Hall–Kier alpha value is -1.45. The Morgan fingerprint density at radius 2 is 2.05 bits per heavy atom. The predicted molar refractivity (Wildman–Crippen MR) is 76.9 cm³/mol. The molecule has 2 rings (SSSR count). The summed E-state index contributed by atoms with van der Waals surface area (Å²) in [6.45, 7) is 6.65. The van der Waals surface area contributed by atoms with Crippen LogP contribution in [-0.2, 0) is 0 Å². The van der Waals surface area contributed by atoms with Gasteiger partial charge in [-0.3, -0.25) is 4.79 Å². The second kappa shape index (κ2) is 5.90. The number of halogens is 1. The average Bonchev–Trinajstić information content (AvgIpc) is 2.38. The van der Waals surface area contributed by atoms with Crippen molar-refractivity contribution in [1.29, 1.82) is 0 Å². The predicted octanol–water partition coefficient (Wildman–Crippen LogP) is 3.56. The lowest BCUT2D eigenvalue weighted by molar-refractivity contribution is 0.0829. The summed E-state index contributed by atoms with van der Waals surface area (Å²) in [5, 5.41) is 3.09. The summed E-state index contributed by atoms with van der Waals surface area (Å²) < 4.78 is 13.1. The smallest absolute Gasteiger partial charge is 0.251 e. The number of nitrogens with zero attached hydrogens (tertiary/aromatic N) is 1. The molecule has 0 spiro atoms. The molecular weight excluding hydrogens is 255 g/mol. The van der Waals surface area contributed by atoms with Crippen molar-refractivity contribution in [2.75, 3.05) is 0 Å². The Balaban J connectivity index is 2.09. The highest BCUT2D eigenvalue weighted by Gasteiger charge is 2.34. The first kappa shape index (κ1) is 14.9. The maximum absolute atomic E-state index is 13.1. The fourth-order valence-electron chi connectivity index (χ4n) is 3.14. The highest BCUT2D eigenvalue weighted by Crippen LogP contribution is 2.38. The van der Waals surface area contributed by atoms with Crippen molar-refractivity contribution in [2.24, 2.45) is 11.3 Å². The number of aromatic nitrogens is 1. The number of amides is 1. The topological polar surface area (TPSA) is 42.0 Å². The zero-order valence-electron chi connectivity index (χ0n) is 12.4. The van der Waals surface area contributed by atoms with Crippen LogP contribution in [0.1, 0.15) is 56.8 Å². The molecule has 1 heterocycles. The molecule has 3 nitrogen and oxygen atoms in total. The van der Waals surface area contributed by atoms with Gasteiger partial charge < -0.3 is 5.32 Å². The molecule has 0 saturated heterocycles. The summed E-state index contributed by atoms with van der Waals surface area (Å²) in [6.07, 6.45) is 5.83. The lowest BCUT2D eigenvalue weighted by Gasteiger charge is -2.40. The summed E-state index contributed by atoms with van der Waals surface area (Å²) in [5.41, 5.74) is 0.512. The molecule has 1 aromatic heterocycles. The largest absolute Gasteiger partial charge is 0.349 e. The molecule has 1 fully saturated rings. The fourth-order valence-corrected chi connectivity index (χ4v) is 3.14. The summed E-state index contributed by atoms with van der Waals surface area (Å²) >= 11 is 0. The van der Waals surface area contributed by atoms with Gasteiger partial charge in [-0.1, -0.05) is 33.6 Å². The minimum atomic E-state index is -0.617. The molecule has 0 aliphatic heterocycles. The number of hydrogen-bond donors (Lipinski definition) is 1. The highest BCUT2D eigenvalue weighted by molar-refractivity contribution is 5.94. The van der Waals surface area contributed by atoms with Gasteiger partial charge in [0.15, 0.2) is 0 Å². The summed E-state index contributed by atoms with van der Waals surface area (Å²) in [4.78, 5) is 15.7. The van der Waals surface area contributed by atoms with Gasteiger partial charge in [-0.25, -0.2) is 4.98 Å². The second-order valence-electron chi connectivity index (χ2n) is 6.70. The summed E-state index contributed by atoms with van der Waals surface area (Å²) in [5.74, 6) is -0.354. The van der Waals surface area contributed by atoms with Gasteiger partial charge >= 0.3 is 0 Å². The van der Waals surface area contributed by atoms with Crippen molar-refractivity contribution < 1.29 is 9.18 Å². The van der Waals surface area contributed by atoms with E-state index in [0.29, 0.717) is 11.5 Å². The van der Waals surface area contributed by atoms with Gasteiger partial charge in [0.05, 0.1) is 0 Å². The summed E-state index contributed by atoms with van der Waals surface area (Å²) in [6, 6.07) is 2.91. The number of pyridine rings is 1. The van der Waals surface area contributed by atoms with Crippen LogP contribution < -0.4 is 5.32 Å². The van der Waals surface area contributed by atoms with Crippen molar-refractivity contribution in [2.45, 2.75) is 52.5 Å². The minimum Gasteiger partial charge on any atom is -0.349 e. The third kappa shape index (κ3) is 3.56. The quantitative estimate of drug-likeness (QED) is 0.840. The van der Waals surface area contributed by atoms with Gasteiger partial charge in [0.1, 0.15) is 0 Å². The number of rotatable bonds is 2. The molecule has 1 aliphatic carbocycles. The van der Waals surface area contributed by atoms with Crippen molar-refractivity contribution in [1.82, 2.24) is 10.3 Å². The fraction of sp³-hybridized carbons (Fsp3) is 0.625. The van der Waals surface area contributed by atoms with E-state index in [2.05, 4.69) is 31.1 Å². The second-order valence-corrected chi connectivity index (χ2v) is 6.70. The van der Waals surface area contributed by atoms with Gasteiger partial charge in [-0.15, -0.1) is 0 Å². The Morgan fingerprint density at radius 3 is 2.70 bits per heavy atom. The molecule has 0 radical (unpaired) electrons. The SMILES string of the molecule is CC(C)(C)[C@@H]1CCCC[C@@H]1NC(=O)c1ccnc(F)c1. The maximum Gasteiger partial charge on any atom is 0.251 e. The van der Waals surface area contributed by atoms with Gasteiger partial charge in [-0.2, -0.15) is 4.39 Å². The number of hydrogen-bond acceptors (Lipinski definition) is 2. The van der Waals surface area contributed by atoms with Crippen LogP contribution in [0.2, 0.25) is 0 Å². The van der Waals surface area contributed by atoms with E-state index in [1.54, 1.807) is 6.07 Å². The van der Waals surface area contributed by atoms with Crippen LogP contribution in [0.15, 0.2) is 18.3 Å². The Morgan fingerprint density at radius 1 is 1.35 bits per heavy atom. The summed E-state index contributed by atoms with van der Waals surface area (Å²) in [7, 11) is 0. The van der Waals surface area contributed by atoms with Crippen molar-refractivity contribution in [3.8, 4) is 0 Å². The number of carbonyl (C=O) groups is 1. The highest BCUT2D eigenvalue weighted by atomic mass is 19.1. The van der Waals surface area contributed by atoms with Crippen molar-refractivity contribution in [3.05, 3.63) is 29.8 Å². The van der Waals surface area contributed by atoms with Gasteiger partial charge in [0.25, 0.3) is 5.91 Å². The molecule has 1 aromatic rings. The first-order chi connectivity index (χ1) is 9.38. The van der Waals surface area contributed by atoms with E-state index in [9.17, 15) is 9.18 Å². The average molecular weight is 278 g/mol.